The maximum atomic E-state index is 12.6. The first-order chi connectivity index (χ1) is 18.7. The molecule has 1 aliphatic heterocycles. The molecule has 202 valence electrons. The summed E-state index contributed by atoms with van der Waals surface area (Å²) in [5, 5.41) is 11.4. The van der Waals surface area contributed by atoms with E-state index in [1.54, 1.807) is 6.07 Å². The molecule has 0 spiro atoms. The predicted octanol–water partition coefficient (Wildman–Crippen LogP) is 7.68. The first-order valence-corrected chi connectivity index (χ1v) is 13.6. The Morgan fingerprint density at radius 3 is 2.69 bits per heavy atom. The van der Waals surface area contributed by atoms with E-state index in [1.807, 2.05) is 18.3 Å². The van der Waals surface area contributed by atoms with Gasteiger partial charge in [-0.25, -0.2) is 0 Å². The van der Waals surface area contributed by atoms with Gasteiger partial charge in [0.25, 0.3) is 0 Å². The van der Waals surface area contributed by atoms with Gasteiger partial charge in [0.15, 0.2) is 0 Å². The number of likely N-dealkylation sites (tertiary alicyclic amines) is 1. The number of ether oxygens (including phenoxy) is 1. The molecule has 1 aliphatic carbocycles. The zero-order valence-electron chi connectivity index (χ0n) is 21.6. The second kappa shape index (κ2) is 12.0. The number of fused-ring (bicyclic) bond motifs is 2. The van der Waals surface area contributed by atoms with Crippen LogP contribution in [0.4, 0.5) is 4.39 Å². The molecule has 0 amide bonds. The van der Waals surface area contributed by atoms with Gasteiger partial charge in [0, 0.05) is 31.2 Å². The molecule has 1 N–H and O–H groups in total. The van der Waals surface area contributed by atoms with E-state index in [2.05, 4.69) is 64.5 Å². The van der Waals surface area contributed by atoms with Crippen LogP contribution < -0.4 is 4.74 Å². The highest BCUT2D eigenvalue weighted by Crippen LogP contribution is 2.42. The zero-order chi connectivity index (χ0) is 25.9. The Morgan fingerprint density at radius 1 is 0.974 bits per heavy atom. The molecule has 2 aliphatic rings. The fourth-order valence-corrected chi connectivity index (χ4v) is 6.01. The molecule has 6 rings (SSSR count). The number of nitrogens with zero attached hydrogens (tertiary/aromatic N) is 2. The minimum Gasteiger partial charge on any atom is -0.508 e. The third-order valence-electron chi connectivity index (χ3n) is 7.79. The number of aryl methyl sites for hydroxylation is 1. The summed E-state index contributed by atoms with van der Waals surface area (Å²) in [7, 11) is 0. The maximum absolute atomic E-state index is 12.6. The molecule has 0 unspecified atom stereocenters. The number of allylic oxidation sites excluding steroid dienone is 1. The molecule has 2 heterocycles. The van der Waals surface area contributed by atoms with Gasteiger partial charge in [0.2, 0.25) is 0 Å². The van der Waals surface area contributed by atoms with Gasteiger partial charge in [-0.3, -0.25) is 14.3 Å². The van der Waals surface area contributed by atoms with Gasteiger partial charge in [-0.1, -0.05) is 43.8 Å². The number of rotatable bonds is 7. The fourth-order valence-electron chi connectivity index (χ4n) is 6.01. The van der Waals surface area contributed by atoms with Gasteiger partial charge in [0.1, 0.15) is 17.6 Å². The third-order valence-corrected chi connectivity index (χ3v) is 7.79. The van der Waals surface area contributed by atoms with Crippen LogP contribution >= 0.6 is 0 Å². The summed E-state index contributed by atoms with van der Waals surface area (Å²) in [6.07, 6.45) is 6.40. The van der Waals surface area contributed by atoms with Crippen molar-refractivity contribution in [3.8, 4) is 11.5 Å². The van der Waals surface area contributed by atoms with Gasteiger partial charge in [-0.2, -0.15) is 0 Å². The first-order valence-electron chi connectivity index (χ1n) is 13.6. The Kier molecular flexibility index (Phi) is 8.27. The highest BCUT2D eigenvalue weighted by atomic mass is 19.1. The van der Waals surface area contributed by atoms with Crippen LogP contribution in [0.2, 0.25) is 0 Å². The van der Waals surface area contributed by atoms with Crippen LogP contribution in [-0.2, 0) is 6.42 Å². The minimum atomic E-state index is -0.265. The molecule has 5 heteroatoms. The maximum Gasteiger partial charge on any atom is 0.119 e. The van der Waals surface area contributed by atoms with Crippen molar-refractivity contribution in [3.05, 3.63) is 101 Å². The molecule has 4 nitrogen and oxygen atoms in total. The SMILES string of the molecule is C.Oc1ccc2c(c1)CCCC(c1cccc3ncccc13)=C2c1ccc(O[C@H]2CCN(CCCF)C2)cc1. The number of aromatic hydroxyl groups is 1. The largest absolute Gasteiger partial charge is 0.508 e. The van der Waals surface area contributed by atoms with Gasteiger partial charge in [-0.05, 0) is 102 Å². The Hall–Kier alpha value is -3.70. The lowest BCUT2D eigenvalue weighted by Gasteiger charge is -2.19. The van der Waals surface area contributed by atoms with Crippen molar-refractivity contribution in [2.45, 2.75) is 45.6 Å². The van der Waals surface area contributed by atoms with Crippen LogP contribution in [0, 0.1) is 0 Å². The summed E-state index contributed by atoms with van der Waals surface area (Å²) in [5.74, 6) is 1.17. The predicted molar refractivity (Wildman–Crippen MR) is 158 cm³/mol. The lowest BCUT2D eigenvalue weighted by molar-refractivity contribution is 0.198. The van der Waals surface area contributed by atoms with E-state index in [0.29, 0.717) is 12.2 Å². The Bertz CT molecular complexity index is 1460. The molecular weight excluding hydrogens is 487 g/mol. The lowest BCUT2D eigenvalue weighted by Crippen LogP contribution is -2.26. The number of benzene rings is 3. The minimum absolute atomic E-state index is 0. The quantitative estimate of drug-likeness (QED) is 0.269. The van der Waals surface area contributed by atoms with Crippen LogP contribution in [0.1, 0.15) is 55.4 Å². The van der Waals surface area contributed by atoms with Crippen molar-refractivity contribution in [2.24, 2.45) is 0 Å². The smallest absolute Gasteiger partial charge is 0.119 e. The fraction of sp³-hybridized carbons (Fsp3) is 0.324. The number of hydrogen-bond donors (Lipinski definition) is 1. The van der Waals surface area contributed by atoms with Crippen LogP contribution in [-0.4, -0.2) is 47.4 Å². The second-order valence-electron chi connectivity index (χ2n) is 10.3. The molecule has 39 heavy (non-hydrogen) atoms. The molecule has 1 saturated heterocycles. The monoisotopic (exact) mass is 524 g/mol. The Labute approximate surface area is 230 Å². The van der Waals surface area contributed by atoms with E-state index in [9.17, 15) is 9.50 Å². The number of phenolic OH excluding ortho intramolecular Hbond substituents is 1. The number of pyridine rings is 1. The summed E-state index contributed by atoms with van der Waals surface area (Å²) in [5.41, 5.74) is 8.20. The highest BCUT2D eigenvalue weighted by Gasteiger charge is 2.24. The van der Waals surface area contributed by atoms with E-state index in [1.165, 1.54) is 27.8 Å². The second-order valence-corrected chi connectivity index (χ2v) is 10.3. The number of hydrogen-bond acceptors (Lipinski definition) is 4. The first kappa shape index (κ1) is 26.9. The molecule has 4 aromatic rings. The van der Waals surface area contributed by atoms with Crippen LogP contribution in [0.5, 0.6) is 11.5 Å². The summed E-state index contributed by atoms with van der Waals surface area (Å²) in [6, 6.07) is 24.7. The summed E-state index contributed by atoms with van der Waals surface area (Å²) in [4.78, 5) is 6.89. The molecule has 0 saturated carbocycles. The molecule has 1 aromatic heterocycles. The standard InChI is InChI=1S/C33H33FN2O2.CH4/c34-17-4-19-36-20-16-27(22-36)38-26-13-10-23(11-14-26)33-28-15-12-25(37)21-24(28)5-1-7-31(33)29-6-2-9-32-30(29)8-3-18-35-32;/h2-3,6,8-15,18,21,27,37H,1,4-5,7,16-17,19-20,22H2;1H4/t27-;/m0./s1. The molecule has 1 fully saturated rings. The van der Waals surface area contributed by atoms with Gasteiger partial charge in [0.05, 0.1) is 12.2 Å². The summed E-state index contributed by atoms with van der Waals surface area (Å²) >= 11 is 0. The van der Waals surface area contributed by atoms with E-state index in [4.69, 9.17) is 4.74 Å². The molecule has 0 radical (unpaired) electrons. The van der Waals surface area contributed by atoms with Crippen LogP contribution in [0.15, 0.2) is 79.0 Å². The summed E-state index contributed by atoms with van der Waals surface area (Å²) < 4.78 is 18.9. The van der Waals surface area contributed by atoms with E-state index >= 15 is 0 Å². The van der Waals surface area contributed by atoms with Crippen LogP contribution in [0.3, 0.4) is 0 Å². The summed E-state index contributed by atoms with van der Waals surface area (Å²) in [6.45, 7) is 2.34. The van der Waals surface area contributed by atoms with Gasteiger partial charge >= 0.3 is 0 Å². The Balaban J connectivity index is 0.00000308. The zero-order valence-corrected chi connectivity index (χ0v) is 21.6. The molecule has 3 aromatic carbocycles. The molecule has 1 atom stereocenters. The highest BCUT2D eigenvalue weighted by molar-refractivity contribution is 6.05. The Morgan fingerprint density at radius 2 is 1.85 bits per heavy atom. The van der Waals surface area contributed by atoms with Crippen LogP contribution in [0.25, 0.3) is 22.0 Å². The molecule has 0 bridgehead atoms. The topological polar surface area (TPSA) is 45.6 Å². The van der Waals surface area contributed by atoms with Crippen molar-refractivity contribution < 1.29 is 14.2 Å². The van der Waals surface area contributed by atoms with Crippen molar-refractivity contribution in [1.82, 2.24) is 9.88 Å². The third kappa shape index (κ3) is 5.69. The van der Waals surface area contributed by atoms with Gasteiger partial charge in [-0.15, -0.1) is 0 Å². The van der Waals surface area contributed by atoms with Crippen molar-refractivity contribution in [1.29, 1.82) is 0 Å². The van der Waals surface area contributed by atoms with Crippen molar-refractivity contribution in [3.63, 3.8) is 0 Å². The van der Waals surface area contributed by atoms with E-state index in [-0.39, 0.29) is 20.2 Å². The average molecular weight is 525 g/mol. The number of halogens is 1. The number of aromatic nitrogens is 1. The molecular formula is C34H37FN2O2. The number of alkyl halides is 1. The normalized spacial score (nSPS) is 17.5. The van der Waals surface area contributed by atoms with Gasteiger partial charge < -0.3 is 9.84 Å². The number of phenols is 1. The van der Waals surface area contributed by atoms with Crippen molar-refractivity contribution >= 4 is 22.0 Å². The average Bonchev–Trinajstić information content (AvgIpc) is 3.31. The van der Waals surface area contributed by atoms with E-state index < -0.39 is 0 Å². The van der Waals surface area contributed by atoms with Crippen molar-refractivity contribution in [2.75, 3.05) is 26.3 Å². The van der Waals surface area contributed by atoms with E-state index in [0.717, 1.165) is 67.5 Å². The lowest BCUT2D eigenvalue weighted by atomic mass is 9.86.